The van der Waals surface area contributed by atoms with Crippen LogP contribution < -0.4 is 9.54 Å². The number of halogens is 1. The van der Waals surface area contributed by atoms with Gasteiger partial charge in [-0.3, -0.25) is 14.9 Å². The van der Waals surface area contributed by atoms with E-state index in [1.807, 2.05) is 29.7 Å². The van der Waals surface area contributed by atoms with Crippen LogP contribution in [0.1, 0.15) is 17.3 Å². The van der Waals surface area contributed by atoms with Crippen LogP contribution in [0.2, 0.25) is 5.02 Å². The number of ether oxygens (including phenoxy) is 1. The molecular weight excluding hydrogens is 402 g/mol. The molecule has 0 atom stereocenters. The van der Waals surface area contributed by atoms with Crippen molar-refractivity contribution in [3.8, 4) is 5.75 Å². The largest absolute Gasteiger partial charge is 0.494 e. The number of carbonyl (C=O) groups excluding carboxylic acids is 1. The third-order valence-corrected chi connectivity index (χ3v) is 5.24. The number of nitrogens with zero attached hydrogens (tertiary/aromatic N) is 3. The molecule has 1 amide bonds. The fourth-order valence-corrected chi connectivity index (χ4v) is 3.90. The second-order valence-corrected chi connectivity index (χ2v) is 7.10. The van der Waals surface area contributed by atoms with Crippen LogP contribution in [0.3, 0.4) is 0 Å². The quantitative estimate of drug-likeness (QED) is 0.333. The van der Waals surface area contributed by atoms with Gasteiger partial charge < -0.3 is 9.30 Å². The number of carbonyl (C=O) groups is 1. The van der Waals surface area contributed by atoms with E-state index in [9.17, 15) is 14.9 Å². The highest BCUT2D eigenvalue weighted by molar-refractivity contribution is 7.16. The molecule has 28 heavy (non-hydrogen) atoms. The molecular formula is C19H16ClN3O4S. The Hall–Kier alpha value is -2.97. The van der Waals surface area contributed by atoms with Crippen molar-refractivity contribution < 1.29 is 14.5 Å². The first kappa shape index (κ1) is 19.8. The third kappa shape index (κ3) is 3.97. The van der Waals surface area contributed by atoms with E-state index in [1.165, 1.54) is 23.5 Å². The number of nitro benzene ring substituents is 1. The van der Waals surface area contributed by atoms with E-state index in [-0.39, 0.29) is 16.3 Å². The van der Waals surface area contributed by atoms with Crippen LogP contribution in [0.4, 0.5) is 5.69 Å². The fraction of sp³-hybridized carbons (Fsp3) is 0.158. The second-order valence-electron chi connectivity index (χ2n) is 5.68. The number of fused-ring (bicyclic) bond motifs is 1. The molecule has 3 rings (SSSR count). The normalized spacial score (nSPS) is 11.6. The zero-order chi connectivity index (χ0) is 20.3. The minimum atomic E-state index is -0.650. The molecule has 0 bridgehead atoms. The van der Waals surface area contributed by atoms with Gasteiger partial charge in [-0.1, -0.05) is 29.0 Å². The van der Waals surface area contributed by atoms with Gasteiger partial charge >= 0.3 is 0 Å². The van der Waals surface area contributed by atoms with Crippen LogP contribution in [-0.2, 0) is 6.54 Å². The highest BCUT2D eigenvalue weighted by Gasteiger charge is 2.16. The summed E-state index contributed by atoms with van der Waals surface area (Å²) in [7, 11) is 0. The van der Waals surface area contributed by atoms with Crippen molar-refractivity contribution >= 4 is 44.7 Å². The molecule has 1 aromatic heterocycles. The van der Waals surface area contributed by atoms with Crippen molar-refractivity contribution in [3.05, 3.63) is 74.6 Å². The van der Waals surface area contributed by atoms with Gasteiger partial charge in [-0.2, -0.15) is 4.99 Å². The molecule has 0 fully saturated rings. The van der Waals surface area contributed by atoms with Crippen LogP contribution in [-0.4, -0.2) is 22.0 Å². The van der Waals surface area contributed by atoms with E-state index >= 15 is 0 Å². The molecule has 3 aromatic rings. The standard InChI is InChI=1S/C19H16ClN3O4S/c1-3-9-22-16-8-6-13(27-4-2)11-17(16)28-19(22)21-18(24)14-10-12(23(25)26)5-7-15(14)20/h3,5-8,10-11H,1,4,9H2,2H3. The smallest absolute Gasteiger partial charge is 0.281 e. The van der Waals surface area contributed by atoms with Gasteiger partial charge in [-0.25, -0.2) is 0 Å². The van der Waals surface area contributed by atoms with Gasteiger partial charge in [-0.05, 0) is 31.2 Å². The minimum absolute atomic E-state index is 0.0199. The number of non-ortho nitro benzene ring substituents is 1. The Morgan fingerprint density at radius 3 is 2.86 bits per heavy atom. The van der Waals surface area contributed by atoms with Gasteiger partial charge in [0.05, 0.1) is 32.3 Å². The number of nitro groups is 1. The number of benzene rings is 2. The van der Waals surface area contributed by atoms with Crippen LogP contribution >= 0.6 is 22.9 Å². The van der Waals surface area contributed by atoms with Crippen molar-refractivity contribution in [1.29, 1.82) is 0 Å². The minimum Gasteiger partial charge on any atom is -0.494 e. The van der Waals surface area contributed by atoms with Gasteiger partial charge in [-0.15, -0.1) is 6.58 Å². The topological polar surface area (TPSA) is 86.7 Å². The number of hydrogen-bond acceptors (Lipinski definition) is 5. The predicted molar refractivity (Wildman–Crippen MR) is 109 cm³/mol. The summed E-state index contributed by atoms with van der Waals surface area (Å²) in [4.78, 5) is 27.7. The van der Waals surface area contributed by atoms with Crippen molar-refractivity contribution in [2.75, 3.05) is 6.61 Å². The van der Waals surface area contributed by atoms with Crippen molar-refractivity contribution in [2.24, 2.45) is 4.99 Å². The van der Waals surface area contributed by atoms with E-state index in [2.05, 4.69) is 11.6 Å². The zero-order valence-corrected chi connectivity index (χ0v) is 16.5. The summed E-state index contributed by atoms with van der Waals surface area (Å²) in [6.07, 6.45) is 1.70. The Morgan fingerprint density at radius 2 is 2.18 bits per heavy atom. The van der Waals surface area contributed by atoms with E-state index in [0.717, 1.165) is 22.0 Å². The molecule has 1 heterocycles. The molecule has 0 N–H and O–H groups in total. The van der Waals surface area contributed by atoms with E-state index in [4.69, 9.17) is 16.3 Å². The Balaban J connectivity index is 2.13. The fourth-order valence-electron chi connectivity index (χ4n) is 2.64. The molecule has 0 aliphatic carbocycles. The predicted octanol–water partition coefficient (Wildman–Crippen LogP) is 4.59. The summed E-state index contributed by atoms with van der Waals surface area (Å²) in [6, 6.07) is 9.32. The van der Waals surface area contributed by atoms with Gasteiger partial charge in [0.25, 0.3) is 11.6 Å². The molecule has 0 spiro atoms. The monoisotopic (exact) mass is 417 g/mol. The zero-order valence-electron chi connectivity index (χ0n) is 14.9. The number of amides is 1. The van der Waals surface area contributed by atoms with Gasteiger partial charge in [0, 0.05) is 18.7 Å². The molecule has 0 aliphatic rings. The van der Waals surface area contributed by atoms with Crippen LogP contribution in [0.15, 0.2) is 54.0 Å². The lowest BCUT2D eigenvalue weighted by molar-refractivity contribution is -0.384. The second kappa shape index (κ2) is 8.37. The molecule has 2 aromatic carbocycles. The Bertz CT molecular complexity index is 1150. The first-order valence-corrected chi connectivity index (χ1v) is 9.54. The maximum Gasteiger partial charge on any atom is 0.281 e. The average Bonchev–Trinajstić information content (AvgIpc) is 2.99. The van der Waals surface area contributed by atoms with Crippen LogP contribution in [0.5, 0.6) is 5.75 Å². The molecule has 0 saturated heterocycles. The molecule has 144 valence electrons. The maximum atomic E-state index is 12.7. The van der Waals surface area contributed by atoms with Crippen molar-refractivity contribution in [3.63, 3.8) is 0 Å². The number of hydrogen-bond donors (Lipinski definition) is 0. The van der Waals surface area contributed by atoms with Gasteiger partial charge in [0.1, 0.15) is 5.75 Å². The Morgan fingerprint density at radius 1 is 1.39 bits per heavy atom. The molecule has 0 saturated carbocycles. The summed E-state index contributed by atoms with van der Waals surface area (Å²) >= 11 is 7.37. The summed E-state index contributed by atoms with van der Waals surface area (Å²) in [5, 5.41) is 11.1. The lowest BCUT2D eigenvalue weighted by Crippen LogP contribution is -2.16. The first-order chi connectivity index (χ1) is 13.4. The number of aromatic nitrogens is 1. The Kier molecular flexibility index (Phi) is 5.91. The van der Waals surface area contributed by atoms with Gasteiger partial charge in [0.15, 0.2) is 4.80 Å². The van der Waals surface area contributed by atoms with Crippen molar-refractivity contribution in [2.45, 2.75) is 13.5 Å². The molecule has 9 heteroatoms. The molecule has 7 nitrogen and oxygen atoms in total. The lowest BCUT2D eigenvalue weighted by atomic mass is 10.2. The Labute approximate surface area is 169 Å². The lowest BCUT2D eigenvalue weighted by Gasteiger charge is -2.04. The highest BCUT2D eigenvalue weighted by atomic mass is 35.5. The van der Waals surface area contributed by atoms with Crippen LogP contribution in [0, 0.1) is 10.1 Å². The average molecular weight is 418 g/mol. The molecule has 0 aliphatic heterocycles. The van der Waals surface area contributed by atoms with E-state index in [0.29, 0.717) is 18.0 Å². The van der Waals surface area contributed by atoms with Crippen molar-refractivity contribution in [1.82, 2.24) is 4.57 Å². The van der Waals surface area contributed by atoms with Crippen LogP contribution in [0.25, 0.3) is 10.2 Å². The van der Waals surface area contributed by atoms with Gasteiger partial charge in [0.2, 0.25) is 0 Å². The third-order valence-electron chi connectivity index (χ3n) is 3.87. The summed E-state index contributed by atoms with van der Waals surface area (Å²) in [5.41, 5.74) is 0.637. The SMILES string of the molecule is C=CCn1c(=NC(=O)c2cc([N+](=O)[O-])ccc2Cl)sc2cc(OCC)ccc21. The number of rotatable bonds is 6. The summed E-state index contributed by atoms with van der Waals surface area (Å²) in [5.74, 6) is 0.0738. The summed E-state index contributed by atoms with van der Waals surface area (Å²) in [6.45, 7) is 6.64. The summed E-state index contributed by atoms with van der Waals surface area (Å²) < 4.78 is 8.26. The van der Waals surface area contributed by atoms with E-state index in [1.54, 1.807) is 6.08 Å². The first-order valence-electron chi connectivity index (χ1n) is 8.34. The highest BCUT2D eigenvalue weighted by Crippen LogP contribution is 2.25. The number of allylic oxidation sites excluding steroid dienone is 1. The maximum absolute atomic E-state index is 12.7. The number of thiazole rings is 1. The molecule has 0 unspecified atom stereocenters. The molecule has 0 radical (unpaired) electrons. The van der Waals surface area contributed by atoms with E-state index < -0.39 is 10.8 Å².